The van der Waals surface area contributed by atoms with Crippen LogP contribution in [0.1, 0.15) is 29.9 Å². The molecule has 0 spiro atoms. The summed E-state index contributed by atoms with van der Waals surface area (Å²) in [6.45, 7) is 2.11. The van der Waals surface area contributed by atoms with Crippen LogP contribution in [0, 0.1) is 0 Å². The zero-order valence-electron chi connectivity index (χ0n) is 11.6. The molecule has 2 heterocycles. The standard InChI is InChI=1S/C15H18N4S/c1-3-11-9-13(19(2)18-11)14(17-16)12-6-4-5-10-7-8-20-15(10)12/h4-9,14,17H,3,16H2,1-2H3. The van der Waals surface area contributed by atoms with Crippen LogP contribution in [0.4, 0.5) is 0 Å². The number of hydrogen-bond acceptors (Lipinski definition) is 4. The Morgan fingerprint density at radius 3 is 2.95 bits per heavy atom. The van der Waals surface area contributed by atoms with E-state index in [1.807, 2.05) is 11.7 Å². The Hall–Kier alpha value is -1.69. The number of aromatic nitrogens is 2. The highest BCUT2D eigenvalue weighted by atomic mass is 32.1. The van der Waals surface area contributed by atoms with E-state index in [1.54, 1.807) is 11.3 Å². The second kappa shape index (κ2) is 5.36. The number of aryl methyl sites for hydroxylation is 2. The van der Waals surface area contributed by atoms with Gasteiger partial charge in [0, 0.05) is 11.7 Å². The van der Waals surface area contributed by atoms with Gasteiger partial charge in [-0.1, -0.05) is 25.1 Å². The van der Waals surface area contributed by atoms with Gasteiger partial charge in [-0.15, -0.1) is 11.3 Å². The first-order chi connectivity index (χ1) is 9.74. The van der Waals surface area contributed by atoms with Crippen molar-refractivity contribution in [3.63, 3.8) is 0 Å². The average Bonchev–Trinajstić information content (AvgIpc) is 3.07. The van der Waals surface area contributed by atoms with Crippen molar-refractivity contribution in [2.45, 2.75) is 19.4 Å². The van der Waals surface area contributed by atoms with Gasteiger partial charge in [-0.05, 0) is 34.9 Å². The summed E-state index contributed by atoms with van der Waals surface area (Å²) in [6.07, 6.45) is 0.925. The third-order valence-electron chi connectivity index (χ3n) is 3.61. The molecule has 0 amide bonds. The highest BCUT2D eigenvalue weighted by Crippen LogP contribution is 2.32. The van der Waals surface area contributed by atoms with E-state index in [0.29, 0.717) is 0 Å². The summed E-state index contributed by atoms with van der Waals surface area (Å²) in [5.41, 5.74) is 6.31. The van der Waals surface area contributed by atoms with Crippen LogP contribution < -0.4 is 11.3 Å². The Bertz CT molecular complexity index is 728. The maximum absolute atomic E-state index is 5.83. The lowest BCUT2D eigenvalue weighted by atomic mass is 10.0. The van der Waals surface area contributed by atoms with Crippen LogP contribution in [0.5, 0.6) is 0 Å². The number of thiophene rings is 1. The Kier molecular flexibility index (Phi) is 3.56. The number of nitrogens with two attached hydrogens (primary N) is 1. The molecule has 4 nitrogen and oxygen atoms in total. The number of hydrazine groups is 1. The molecule has 20 heavy (non-hydrogen) atoms. The van der Waals surface area contributed by atoms with Crippen LogP contribution in [0.2, 0.25) is 0 Å². The van der Waals surface area contributed by atoms with Crippen LogP contribution >= 0.6 is 11.3 Å². The van der Waals surface area contributed by atoms with Gasteiger partial charge in [0.05, 0.1) is 17.4 Å². The topological polar surface area (TPSA) is 55.9 Å². The predicted molar refractivity (Wildman–Crippen MR) is 83.6 cm³/mol. The molecule has 1 unspecified atom stereocenters. The van der Waals surface area contributed by atoms with E-state index in [1.165, 1.54) is 15.6 Å². The zero-order chi connectivity index (χ0) is 14.1. The minimum atomic E-state index is -0.0462. The van der Waals surface area contributed by atoms with Crippen LogP contribution in [0.3, 0.4) is 0 Å². The number of benzene rings is 1. The molecule has 0 saturated carbocycles. The SMILES string of the molecule is CCc1cc(C(NN)c2cccc3ccsc23)n(C)n1. The molecule has 1 atom stereocenters. The molecule has 3 N–H and O–H groups in total. The average molecular weight is 286 g/mol. The molecule has 0 radical (unpaired) electrons. The van der Waals surface area contributed by atoms with E-state index in [9.17, 15) is 0 Å². The van der Waals surface area contributed by atoms with Gasteiger partial charge in [0.25, 0.3) is 0 Å². The number of rotatable bonds is 4. The summed E-state index contributed by atoms with van der Waals surface area (Å²) in [7, 11) is 1.97. The third kappa shape index (κ3) is 2.14. The van der Waals surface area contributed by atoms with Crippen molar-refractivity contribution in [3.8, 4) is 0 Å². The van der Waals surface area contributed by atoms with Gasteiger partial charge in [-0.2, -0.15) is 5.10 Å². The van der Waals surface area contributed by atoms with Gasteiger partial charge in [-0.25, -0.2) is 5.43 Å². The van der Waals surface area contributed by atoms with E-state index < -0.39 is 0 Å². The van der Waals surface area contributed by atoms with E-state index >= 15 is 0 Å². The molecule has 0 aliphatic heterocycles. The monoisotopic (exact) mass is 286 g/mol. The minimum absolute atomic E-state index is 0.0462. The van der Waals surface area contributed by atoms with Gasteiger partial charge >= 0.3 is 0 Å². The molecule has 0 aliphatic carbocycles. The largest absolute Gasteiger partial charge is 0.271 e. The molecule has 0 aliphatic rings. The van der Waals surface area contributed by atoms with Crippen molar-refractivity contribution in [3.05, 3.63) is 52.7 Å². The zero-order valence-corrected chi connectivity index (χ0v) is 12.4. The second-order valence-corrected chi connectivity index (χ2v) is 5.74. The van der Waals surface area contributed by atoms with Gasteiger partial charge in [-0.3, -0.25) is 10.5 Å². The Morgan fingerprint density at radius 2 is 2.25 bits per heavy atom. The molecule has 0 fully saturated rings. The fourth-order valence-electron chi connectivity index (χ4n) is 2.56. The lowest BCUT2D eigenvalue weighted by Gasteiger charge is -2.17. The normalized spacial score (nSPS) is 12.9. The number of nitrogens with one attached hydrogen (secondary N) is 1. The quantitative estimate of drug-likeness (QED) is 0.573. The summed E-state index contributed by atoms with van der Waals surface area (Å²) in [6, 6.07) is 10.5. The van der Waals surface area contributed by atoms with Gasteiger partial charge in [0.2, 0.25) is 0 Å². The van der Waals surface area contributed by atoms with Crippen molar-refractivity contribution >= 4 is 21.4 Å². The van der Waals surface area contributed by atoms with E-state index in [-0.39, 0.29) is 6.04 Å². The molecule has 0 bridgehead atoms. The smallest absolute Gasteiger partial charge is 0.0892 e. The number of hydrogen-bond donors (Lipinski definition) is 2. The first kappa shape index (κ1) is 13.3. The predicted octanol–water partition coefficient (Wildman–Crippen LogP) is 2.75. The van der Waals surface area contributed by atoms with Gasteiger partial charge in [0.1, 0.15) is 0 Å². The number of fused-ring (bicyclic) bond motifs is 1. The minimum Gasteiger partial charge on any atom is -0.271 e. The van der Waals surface area contributed by atoms with Crippen molar-refractivity contribution in [1.29, 1.82) is 0 Å². The van der Waals surface area contributed by atoms with Gasteiger partial charge < -0.3 is 0 Å². The lowest BCUT2D eigenvalue weighted by Crippen LogP contribution is -2.30. The van der Waals surface area contributed by atoms with Crippen LogP contribution in [-0.4, -0.2) is 9.78 Å². The molecular weight excluding hydrogens is 268 g/mol. The third-order valence-corrected chi connectivity index (χ3v) is 4.59. The maximum Gasteiger partial charge on any atom is 0.0892 e. The van der Waals surface area contributed by atoms with Crippen molar-refractivity contribution in [1.82, 2.24) is 15.2 Å². The van der Waals surface area contributed by atoms with Crippen LogP contribution in [-0.2, 0) is 13.5 Å². The Morgan fingerprint density at radius 1 is 1.40 bits per heavy atom. The van der Waals surface area contributed by atoms with Crippen molar-refractivity contribution in [2.75, 3.05) is 0 Å². The summed E-state index contributed by atoms with van der Waals surface area (Å²) in [5.74, 6) is 5.83. The summed E-state index contributed by atoms with van der Waals surface area (Å²) >= 11 is 1.75. The van der Waals surface area contributed by atoms with Crippen molar-refractivity contribution < 1.29 is 0 Å². The fraction of sp³-hybridized carbons (Fsp3) is 0.267. The van der Waals surface area contributed by atoms with E-state index in [0.717, 1.165) is 17.8 Å². The molecule has 1 aromatic carbocycles. The Labute approximate surface area is 122 Å². The molecule has 3 aromatic rings. The van der Waals surface area contributed by atoms with Crippen LogP contribution in [0.15, 0.2) is 35.7 Å². The molecule has 104 valence electrons. The number of nitrogens with zero attached hydrogens (tertiary/aromatic N) is 2. The highest BCUT2D eigenvalue weighted by molar-refractivity contribution is 7.17. The first-order valence-corrected chi connectivity index (χ1v) is 7.57. The highest BCUT2D eigenvalue weighted by Gasteiger charge is 2.19. The first-order valence-electron chi connectivity index (χ1n) is 6.69. The fourth-order valence-corrected chi connectivity index (χ4v) is 3.51. The molecule has 2 aromatic heterocycles. The molecule has 3 rings (SSSR count). The molecule has 0 saturated heterocycles. The Balaban J connectivity index is 2.13. The second-order valence-electron chi connectivity index (χ2n) is 4.82. The molecular formula is C15H18N4S. The maximum atomic E-state index is 5.83. The molecule has 5 heteroatoms. The van der Waals surface area contributed by atoms with Gasteiger partial charge in [0.15, 0.2) is 0 Å². The van der Waals surface area contributed by atoms with Crippen LogP contribution in [0.25, 0.3) is 10.1 Å². The van der Waals surface area contributed by atoms with E-state index in [4.69, 9.17) is 5.84 Å². The van der Waals surface area contributed by atoms with Crippen molar-refractivity contribution in [2.24, 2.45) is 12.9 Å². The summed E-state index contributed by atoms with van der Waals surface area (Å²) in [5, 5.41) is 7.88. The summed E-state index contributed by atoms with van der Waals surface area (Å²) < 4.78 is 3.19. The van der Waals surface area contributed by atoms with E-state index in [2.05, 4.69) is 53.2 Å². The summed E-state index contributed by atoms with van der Waals surface area (Å²) in [4.78, 5) is 0. The lowest BCUT2D eigenvalue weighted by molar-refractivity contribution is 0.577.